The van der Waals surface area contributed by atoms with E-state index in [-0.39, 0.29) is 26.8 Å². The maximum atomic E-state index is 12.4. The number of halogens is 3. The van der Waals surface area contributed by atoms with E-state index >= 15 is 0 Å². The summed E-state index contributed by atoms with van der Waals surface area (Å²) in [5.74, 6) is 0.300. The lowest BCUT2D eigenvalue weighted by atomic mass is 10.3. The Balaban J connectivity index is 2.50. The SMILES string of the molecule is CCCS(=O)(=O)c1ccc(Br)cc1Nc1nc(Cl)ncc1Cl. The van der Waals surface area contributed by atoms with Crippen molar-refractivity contribution in [1.82, 2.24) is 9.97 Å². The first-order valence-corrected chi connectivity index (χ1v) is 9.51. The van der Waals surface area contributed by atoms with Gasteiger partial charge in [-0.05, 0) is 36.2 Å². The monoisotopic (exact) mass is 423 g/mol. The summed E-state index contributed by atoms with van der Waals surface area (Å²) in [6, 6.07) is 4.85. The highest BCUT2D eigenvalue weighted by Gasteiger charge is 2.19. The molecule has 0 unspecified atom stereocenters. The van der Waals surface area contributed by atoms with E-state index in [4.69, 9.17) is 23.2 Å². The van der Waals surface area contributed by atoms with Crippen LogP contribution in [0.2, 0.25) is 10.3 Å². The minimum Gasteiger partial charge on any atom is -0.338 e. The molecule has 2 rings (SSSR count). The van der Waals surface area contributed by atoms with Crippen LogP contribution < -0.4 is 5.32 Å². The number of aromatic nitrogens is 2. The summed E-state index contributed by atoms with van der Waals surface area (Å²) in [7, 11) is -3.40. The van der Waals surface area contributed by atoms with E-state index in [2.05, 4.69) is 31.2 Å². The molecule has 22 heavy (non-hydrogen) atoms. The van der Waals surface area contributed by atoms with Gasteiger partial charge in [0.05, 0.1) is 22.5 Å². The lowest BCUT2D eigenvalue weighted by molar-refractivity contribution is 0.595. The summed E-state index contributed by atoms with van der Waals surface area (Å²) in [5, 5.41) is 3.16. The molecule has 2 aromatic rings. The van der Waals surface area contributed by atoms with E-state index in [1.165, 1.54) is 12.3 Å². The molecule has 5 nitrogen and oxygen atoms in total. The molecule has 1 aromatic heterocycles. The smallest absolute Gasteiger partial charge is 0.224 e. The Morgan fingerprint density at radius 1 is 1.32 bits per heavy atom. The second-order valence-corrected chi connectivity index (χ2v) is 8.16. The van der Waals surface area contributed by atoms with E-state index in [1.54, 1.807) is 12.1 Å². The molecule has 0 amide bonds. The number of sulfone groups is 1. The summed E-state index contributed by atoms with van der Waals surface area (Å²) in [5.41, 5.74) is 0.375. The van der Waals surface area contributed by atoms with Crippen molar-refractivity contribution in [3.63, 3.8) is 0 Å². The van der Waals surface area contributed by atoms with Gasteiger partial charge in [0.25, 0.3) is 0 Å². The minimum absolute atomic E-state index is 0.0138. The van der Waals surface area contributed by atoms with Crippen LogP contribution >= 0.6 is 39.1 Å². The summed E-state index contributed by atoms with van der Waals surface area (Å²) in [6.07, 6.45) is 1.87. The normalized spacial score (nSPS) is 11.5. The summed E-state index contributed by atoms with van der Waals surface area (Å²) in [6.45, 7) is 1.81. The van der Waals surface area contributed by atoms with Crippen molar-refractivity contribution in [2.24, 2.45) is 0 Å². The molecule has 9 heteroatoms. The first kappa shape index (κ1) is 17.5. The first-order chi connectivity index (χ1) is 10.3. The maximum absolute atomic E-state index is 12.4. The second kappa shape index (κ2) is 7.12. The van der Waals surface area contributed by atoms with Gasteiger partial charge in [0, 0.05) is 4.47 Å². The van der Waals surface area contributed by atoms with Crippen LogP contribution in [-0.2, 0) is 9.84 Å². The molecule has 0 bridgehead atoms. The average Bonchev–Trinajstić information content (AvgIpc) is 2.42. The highest BCUT2D eigenvalue weighted by atomic mass is 79.9. The molecule has 0 aliphatic rings. The molecule has 1 N–H and O–H groups in total. The molecular weight excluding hydrogens is 413 g/mol. The fraction of sp³-hybridized carbons (Fsp3) is 0.231. The predicted octanol–water partition coefficient (Wildman–Crippen LogP) is 4.47. The topological polar surface area (TPSA) is 72.0 Å². The van der Waals surface area contributed by atoms with Crippen LogP contribution in [0.25, 0.3) is 0 Å². The molecular formula is C13H12BrCl2N3O2S. The van der Waals surface area contributed by atoms with Gasteiger partial charge in [-0.15, -0.1) is 0 Å². The van der Waals surface area contributed by atoms with Gasteiger partial charge >= 0.3 is 0 Å². The van der Waals surface area contributed by atoms with E-state index in [0.29, 0.717) is 12.1 Å². The van der Waals surface area contributed by atoms with E-state index in [9.17, 15) is 8.42 Å². The molecule has 0 spiro atoms. The molecule has 1 aromatic carbocycles. The van der Waals surface area contributed by atoms with Crippen molar-refractivity contribution in [3.05, 3.63) is 39.2 Å². The third kappa shape index (κ3) is 4.10. The van der Waals surface area contributed by atoms with Gasteiger partial charge in [0.2, 0.25) is 5.28 Å². The van der Waals surface area contributed by atoms with Gasteiger partial charge in [0.15, 0.2) is 15.7 Å². The van der Waals surface area contributed by atoms with Crippen LogP contribution in [0.15, 0.2) is 33.8 Å². The fourth-order valence-electron chi connectivity index (χ4n) is 1.81. The first-order valence-electron chi connectivity index (χ1n) is 6.31. The maximum Gasteiger partial charge on any atom is 0.224 e. The van der Waals surface area contributed by atoms with Gasteiger partial charge in [-0.25, -0.2) is 13.4 Å². The lowest BCUT2D eigenvalue weighted by Crippen LogP contribution is -2.09. The van der Waals surface area contributed by atoms with Crippen LogP contribution in [0.3, 0.4) is 0 Å². The quantitative estimate of drug-likeness (QED) is 0.716. The highest BCUT2D eigenvalue weighted by Crippen LogP contribution is 2.31. The molecule has 0 aliphatic carbocycles. The van der Waals surface area contributed by atoms with E-state index in [0.717, 1.165) is 4.47 Å². The number of hydrogen-bond donors (Lipinski definition) is 1. The standard InChI is InChI=1S/C13H12BrCl2N3O2S/c1-2-5-22(20,21)11-4-3-8(14)6-10(11)18-12-9(15)7-17-13(16)19-12/h3-4,6-7H,2,5H2,1H3,(H,17,18,19). The van der Waals surface area contributed by atoms with Crippen LogP contribution in [0, 0.1) is 0 Å². The van der Waals surface area contributed by atoms with Crippen LogP contribution in [-0.4, -0.2) is 24.1 Å². The lowest BCUT2D eigenvalue weighted by Gasteiger charge is -2.13. The number of nitrogens with one attached hydrogen (secondary N) is 1. The largest absolute Gasteiger partial charge is 0.338 e. The highest BCUT2D eigenvalue weighted by molar-refractivity contribution is 9.10. The third-order valence-electron chi connectivity index (χ3n) is 2.72. The summed E-state index contributed by atoms with van der Waals surface area (Å²) >= 11 is 15.1. The Hall–Kier alpha value is -0.890. The van der Waals surface area contributed by atoms with Crippen molar-refractivity contribution in [2.75, 3.05) is 11.1 Å². The second-order valence-electron chi connectivity index (χ2n) is 4.42. The van der Waals surface area contributed by atoms with Crippen molar-refractivity contribution in [3.8, 4) is 0 Å². The van der Waals surface area contributed by atoms with Crippen molar-refractivity contribution in [1.29, 1.82) is 0 Å². The summed E-state index contributed by atoms with van der Waals surface area (Å²) in [4.78, 5) is 7.91. The Labute approximate surface area is 147 Å². The minimum atomic E-state index is -3.40. The van der Waals surface area contributed by atoms with E-state index < -0.39 is 9.84 Å². The Kier molecular flexibility index (Phi) is 5.65. The number of nitrogens with zero attached hydrogens (tertiary/aromatic N) is 2. The van der Waals surface area contributed by atoms with E-state index in [1.807, 2.05) is 6.92 Å². The van der Waals surface area contributed by atoms with Gasteiger partial charge in [-0.3, -0.25) is 0 Å². The van der Waals surface area contributed by atoms with Gasteiger partial charge in [-0.2, -0.15) is 4.98 Å². The van der Waals surface area contributed by atoms with Crippen LogP contribution in [0.4, 0.5) is 11.5 Å². The molecule has 0 radical (unpaired) electrons. The van der Waals surface area contributed by atoms with Gasteiger partial charge in [-0.1, -0.05) is 34.5 Å². The molecule has 118 valence electrons. The zero-order chi connectivity index (χ0) is 16.3. The zero-order valence-corrected chi connectivity index (χ0v) is 15.4. The average molecular weight is 425 g/mol. The van der Waals surface area contributed by atoms with Gasteiger partial charge in [0.1, 0.15) is 5.02 Å². The number of rotatable bonds is 5. The molecule has 0 fully saturated rings. The Bertz CT molecular complexity index is 800. The fourth-order valence-corrected chi connectivity index (χ4v) is 3.92. The Morgan fingerprint density at radius 2 is 2.05 bits per heavy atom. The summed E-state index contributed by atoms with van der Waals surface area (Å²) < 4.78 is 25.4. The Morgan fingerprint density at radius 3 is 2.73 bits per heavy atom. The predicted molar refractivity (Wildman–Crippen MR) is 91.8 cm³/mol. The molecule has 0 saturated carbocycles. The third-order valence-corrected chi connectivity index (χ3v) is 5.64. The van der Waals surface area contributed by atoms with Crippen molar-refractivity contribution < 1.29 is 8.42 Å². The molecule has 0 aliphatic heterocycles. The van der Waals surface area contributed by atoms with Crippen molar-refractivity contribution >= 4 is 60.5 Å². The number of benzene rings is 1. The van der Waals surface area contributed by atoms with Crippen LogP contribution in [0.5, 0.6) is 0 Å². The van der Waals surface area contributed by atoms with Crippen LogP contribution in [0.1, 0.15) is 13.3 Å². The molecule has 1 heterocycles. The molecule has 0 atom stereocenters. The van der Waals surface area contributed by atoms with Crippen molar-refractivity contribution in [2.45, 2.75) is 18.2 Å². The molecule has 0 saturated heterocycles. The van der Waals surface area contributed by atoms with Gasteiger partial charge < -0.3 is 5.32 Å². The number of hydrogen-bond acceptors (Lipinski definition) is 5. The number of anilines is 2. The zero-order valence-electron chi connectivity index (χ0n) is 11.5.